The molecule has 0 radical (unpaired) electrons. The third-order valence-corrected chi connectivity index (χ3v) is 4.57. The van der Waals surface area contributed by atoms with E-state index in [-0.39, 0.29) is 0 Å². The predicted molar refractivity (Wildman–Crippen MR) is 76.1 cm³/mol. The molecule has 1 saturated heterocycles. The molecule has 96 valence electrons. The molecule has 0 unspecified atom stereocenters. The highest BCUT2D eigenvalue weighted by Crippen LogP contribution is 2.20. The van der Waals surface area contributed by atoms with Crippen LogP contribution in [0.3, 0.4) is 0 Å². The topological polar surface area (TPSA) is 58.3 Å². The largest absolute Gasteiger partial charge is 0.375 e. The zero-order valence-corrected chi connectivity index (χ0v) is 11.6. The zero-order valence-electron chi connectivity index (χ0n) is 9.95. The Labute approximate surface area is 114 Å². The molecule has 0 aromatic carbocycles. The maximum Gasteiger partial charge on any atom is 0.185 e. The van der Waals surface area contributed by atoms with Crippen molar-refractivity contribution < 1.29 is 0 Å². The Bertz CT molecular complexity index is 487. The minimum absolute atomic E-state index is 0.659. The standard InChI is InChI=1S/C11H15N5S2/c12-10-14-9(8-18-10)7-15-2-4-16(5-3-15)11-13-1-6-17-11/h1,6,8H,2-5,7H2,(H2,12,14). The van der Waals surface area contributed by atoms with Crippen molar-refractivity contribution in [3.8, 4) is 0 Å². The molecule has 1 aliphatic heterocycles. The molecule has 7 heteroatoms. The second-order valence-corrected chi connectivity index (χ2v) is 6.02. The van der Waals surface area contributed by atoms with Crippen molar-refractivity contribution in [2.75, 3.05) is 36.8 Å². The lowest BCUT2D eigenvalue weighted by Crippen LogP contribution is -2.45. The summed E-state index contributed by atoms with van der Waals surface area (Å²) in [6.07, 6.45) is 1.87. The number of hydrogen-bond acceptors (Lipinski definition) is 7. The Morgan fingerprint density at radius 2 is 2.06 bits per heavy atom. The SMILES string of the molecule is Nc1nc(CN2CCN(c3nccs3)CC2)cs1. The van der Waals surface area contributed by atoms with Gasteiger partial charge in [-0.05, 0) is 0 Å². The molecule has 2 N–H and O–H groups in total. The lowest BCUT2D eigenvalue weighted by Gasteiger charge is -2.34. The predicted octanol–water partition coefficient (Wildman–Crippen LogP) is 1.50. The van der Waals surface area contributed by atoms with Gasteiger partial charge in [-0.2, -0.15) is 0 Å². The van der Waals surface area contributed by atoms with Crippen LogP contribution in [0.25, 0.3) is 0 Å². The van der Waals surface area contributed by atoms with Gasteiger partial charge in [0.05, 0.1) is 5.69 Å². The summed E-state index contributed by atoms with van der Waals surface area (Å²) in [5.41, 5.74) is 6.73. The summed E-state index contributed by atoms with van der Waals surface area (Å²) >= 11 is 3.22. The summed E-state index contributed by atoms with van der Waals surface area (Å²) < 4.78 is 0. The van der Waals surface area contributed by atoms with Gasteiger partial charge < -0.3 is 10.6 Å². The molecule has 0 aliphatic carbocycles. The molecule has 18 heavy (non-hydrogen) atoms. The van der Waals surface area contributed by atoms with Gasteiger partial charge in [-0.1, -0.05) is 0 Å². The average Bonchev–Trinajstić information content (AvgIpc) is 3.02. The quantitative estimate of drug-likeness (QED) is 0.924. The Morgan fingerprint density at radius 3 is 2.67 bits per heavy atom. The summed E-state index contributed by atoms with van der Waals surface area (Å²) in [4.78, 5) is 13.4. The van der Waals surface area contributed by atoms with Crippen LogP contribution in [0, 0.1) is 0 Å². The van der Waals surface area contributed by atoms with Gasteiger partial charge in [0.15, 0.2) is 10.3 Å². The summed E-state index contributed by atoms with van der Waals surface area (Å²) in [7, 11) is 0. The van der Waals surface area contributed by atoms with Crippen molar-refractivity contribution in [1.29, 1.82) is 0 Å². The van der Waals surface area contributed by atoms with Gasteiger partial charge in [0.25, 0.3) is 0 Å². The van der Waals surface area contributed by atoms with Gasteiger partial charge in [0, 0.05) is 49.7 Å². The number of aromatic nitrogens is 2. The van der Waals surface area contributed by atoms with Crippen molar-refractivity contribution >= 4 is 32.9 Å². The van der Waals surface area contributed by atoms with Crippen LogP contribution in [0.1, 0.15) is 5.69 Å². The molecule has 3 rings (SSSR count). The van der Waals surface area contributed by atoms with Gasteiger partial charge in [-0.15, -0.1) is 22.7 Å². The molecule has 5 nitrogen and oxygen atoms in total. The Hall–Kier alpha value is -1.18. The molecule has 0 spiro atoms. The zero-order chi connectivity index (χ0) is 12.4. The van der Waals surface area contributed by atoms with Gasteiger partial charge in [-0.25, -0.2) is 9.97 Å². The van der Waals surface area contributed by atoms with E-state index >= 15 is 0 Å². The Balaban J connectivity index is 1.54. The van der Waals surface area contributed by atoms with E-state index < -0.39 is 0 Å². The van der Waals surface area contributed by atoms with Gasteiger partial charge in [-0.3, -0.25) is 4.90 Å². The fourth-order valence-electron chi connectivity index (χ4n) is 2.09. The molecule has 3 heterocycles. The molecule has 1 aliphatic rings. The first-order valence-corrected chi connectivity index (χ1v) is 7.64. The lowest BCUT2D eigenvalue weighted by atomic mass is 10.3. The van der Waals surface area contributed by atoms with Gasteiger partial charge in [0.1, 0.15) is 0 Å². The maximum absolute atomic E-state index is 5.64. The van der Waals surface area contributed by atoms with E-state index in [1.165, 1.54) is 11.3 Å². The Kier molecular flexibility index (Phi) is 3.44. The van der Waals surface area contributed by atoms with Crippen molar-refractivity contribution in [2.24, 2.45) is 0 Å². The Morgan fingerprint density at radius 1 is 1.22 bits per heavy atom. The molecule has 2 aromatic rings. The van der Waals surface area contributed by atoms with E-state index in [1.54, 1.807) is 11.3 Å². The fourth-order valence-corrected chi connectivity index (χ4v) is 3.34. The monoisotopic (exact) mass is 281 g/mol. The number of hydrogen-bond donors (Lipinski definition) is 1. The highest BCUT2D eigenvalue weighted by Gasteiger charge is 2.19. The average molecular weight is 281 g/mol. The van der Waals surface area contributed by atoms with Crippen LogP contribution >= 0.6 is 22.7 Å². The highest BCUT2D eigenvalue weighted by atomic mass is 32.1. The molecular weight excluding hydrogens is 266 g/mol. The van der Waals surface area contributed by atoms with Crippen LogP contribution in [0.4, 0.5) is 10.3 Å². The van der Waals surface area contributed by atoms with E-state index in [0.717, 1.165) is 43.5 Å². The van der Waals surface area contributed by atoms with Crippen molar-refractivity contribution in [1.82, 2.24) is 14.9 Å². The summed E-state index contributed by atoms with van der Waals surface area (Å²) in [6.45, 7) is 5.08. The molecule has 0 saturated carbocycles. The van der Waals surface area contributed by atoms with Crippen molar-refractivity contribution in [3.63, 3.8) is 0 Å². The van der Waals surface area contributed by atoms with Crippen LogP contribution in [0.15, 0.2) is 17.0 Å². The minimum atomic E-state index is 0.659. The smallest absolute Gasteiger partial charge is 0.185 e. The van der Waals surface area contributed by atoms with E-state index in [1.807, 2.05) is 17.0 Å². The summed E-state index contributed by atoms with van der Waals surface area (Å²) in [6, 6.07) is 0. The second kappa shape index (κ2) is 5.21. The van der Waals surface area contributed by atoms with E-state index in [9.17, 15) is 0 Å². The highest BCUT2D eigenvalue weighted by molar-refractivity contribution is 7.13. The third-order valence-electron chi connectivity index (χ3n) is 3.02. The number of thiazole rings is 2. The first-order valence-electron chi connectivity index (χ1n) is 5.88. The van der Waals surface area contributed by atoms with Crippen LogP contribution in [0.5, 0.6) is 0 Å². The minimum Gasteiger partial charge on any atom is -0.375 e. The van der Waals surface area contributed by atoms with E-state index in [4.69, 9.17) is 5.73 Å². The first kappa shape index (κ1) is 11.9. The summed E-state index contributed by atoms with van der Waals surface area (Å²) in [5.74, 6) is 0. The van der Waals surface area contributed by atoms with E-state index in [0.29, 0.717) is 5.13 Å². The van der Waals surface area contributed by atoms with Gasteiger partial charge in [0.2, 0.25) is 0 Å². The van der Waals surface area contributed by atoms with Gasteiger partial charge >= 0.3 is 0 Å². The molecular formula is C11H15N5S2. The molecule has 0 amide bonds. The third kappa shape index (κ3) is 2.63. The van der Waals surface area contributed by atoms with Crippen molar-refractivity contribution in [2.45, 2.75) is 6.54 Å². The second-order valence-electron chi connectivity index (χ2n) is 4.25. The first-order chi connectivity index (χ1) is 8.81. The van der Waals surface area contributed by atoms with Crippen LogP contribution in [-0.4, -0.2) is 41.0 Å². The van der Waals surface area contributed by atoms with Crippen LogP contribution in [0.2, 0.25) is 0 Å². The van der Waals surface area contributed by atoms with Crippen LogP contribution in [-0.2, 0) is 6.54 Å². The number of nitrogens with zero attached hydrogens (tertiary/aromatic N) is 4. The summed E-state index contributed by atoms with van der Waals surface area (Å²) in [5, 5.41) is 5.86. The number of piperazine rings is 1. The van der Waals surface area contributed by atoms with Crippen LogP contribution < -0.4 is 10.6 Å². The number of nitrogen functional groups attached to an aromatic ring is 1. The number of anilines is 2. The molecule has 2 aromatic heterocycles. The lowest BCUT2D eigenvalue weighted by molar-refractivity contribution is 0.247. The molecule has 1 fully saturated rings. The number of nitrogens with two attached hydrogens (primary N) is 1. The van der Waals surface area contributed by atoms with Crippen molar-refractivity contribution in [3.05, 3.63) is 22.7 Å². The van der Waals surface area contributed by atoms with E-state index in [2.05, 4.69) is 19.8 Å². The molecule has 0 bridgehead atoms. The fraction of sp³-hybridized carbons (Fsp3) is 0.455. The maximum atomic E-state index is 5.64. The molecule has 0 atom stereocenters. The normalized spacial score (nSPS) is 17.2. The number of rotatable bonds is 3.